The van der Waals surface area contributed by atoms with Gasteiger partial charge in [-0.2, -0.15) is 0 Å². The molecule has 0 fully saturated rings. The lowest BCUT2D eigenvalue weighted by Crippen LogP contribution is -2.05. The molecule has 0 aromatic heterocycles. The number of aromatic carboxylic acids is 1. The standard InChI is InChI=1S/C15H16N2O4/c1-20-12-7-6-9(8-13(12)21-2)17-14-10(15(18)19)4-3-5-11(14)16/h3-8,17H,16H2,1-2H3,(H,18,19). The number of nitrogens with one attached hydrogen (secondary N) is 1. The minimum atomic E-state index is -1.05. The fourth-order valence-electron chi connectivity index (χ4n) is 1.95. The van der Waals surface area contributed by atoms with Crippen LogP contribution in [0.5, 0.6) is 11.5 Å². The number of nitrogens with two attached hydrogens (primary N) is 1. The van der Waals surface area contributed by atoms with Crippen molar-refractivity contribution in [3.63, 3.8) is 0 Å². The molecule has 0 aliphatic carbocycles. The maximum absolute atomic E-state index is 11.2. The fraction of sp³-hybridized carbons (Fsp3) is 0.133. The number of hydrogen-bond donors (Lipinski definition) is 3. The van der Waals surface area contributed by atoms with Crippen molar-refractivity contribution in [2.75, 3.05) is 25.3 Å². The zero-order valence-electron chi connectivity index (χ0n) is 11.7. The zero-order chi connectivity index (χ0) is 15.4. The van der Waals surface area contributed by atoms with Crippen LogP contribution in [0.15, 0.2) is 36.4 Å². The summed E-state index contributed by atoms with van der Waals surface area (Å²) < 4.78 is 10.4. The van der Waals surface area contributed by atoms with E-state index < -0.39 is 5.97 Å². The predicted molar refractivity (Wildman–Crippen MR) is 80.6 cm³/mol. The van der Waals surface area contributed by atoms with E-state index in [9.17, 15) is 9.90 Å². The van der Waals surface area contributed by atoms with Gasteiger partial charge in [0.2, 0.25) is 0 Å². The molecule has 0 amide bonds. The Morgan fingerprint density at radius 1 is 1.14 bits per heavy atom. The van der Waals surface area contributed by atoms with Crippen LogP contribution in [0.2, 0.25) is 0 Å². The topological polar surface area (TPSA) is 93.8 Å². The largest absolute Gasteiger partial charge is 0.493 e. The number of nitrogen functional groups attached to an aromatic ring is 1. The van der Waals surface area contributed by atoms with E-state index in [1.54, 1.807) is 37.4 Å². The van der Waals surface area contributed by atoms with E-state index in [-0.39, 0.29) is 5.56 Å². The van der Waals surface area contributed by atoms with Crippen LogP contribution >= 0.6 is 0 Å². The highest BCUT2D eigenvalue weighted by molar-refractivity contribution is 5.98. The van der Waals surface area contributed by atoms with Crippen LogP contribution in [-0.4, -0.2) is 25.3 Å². The van der Waals surface area contributed by atoms with Gasteiger partial charge in [0.15, 0.2) is 11.5 Å². The molecular formula is C15H16N2O4. The summed E-state index contributed by atoms with van der Waals surface area (Å²) in [5.41, 5.74) is 7.30. The average molecular weight is 288 g/mol. The maximum Gasteiger partial charge on any atom is 0.337 e. The quantitative estimate of drug-likeness (QED) is 0.732. The lowest BCUT2D eigenvalue weighted by atomic mass is 10.1. The SMILES string of the molecule is COc1ccc(Nc2c(N)cccc2C(=O)O)cc1OC. The summed E-state index contributed by atoms with van der Waals surface area (Å²) in [6, 6.07) is 9.90. The number of carboxylic acids is 1. The molecule has 0 saturated heterocycles. The molecule has 2 rings (SSSR count). The van der Waals surface area contributed by atoms with Crippen molar-refractivity contribution in [1.82, 2.24) is 0 Å². The molecule has 4 N–H and O–H groups in total. The number of hydrogen-bond acceptors (Lipinski definition) is 5. The summed E-state index contributed by atoms with van der Waals surface area (Å²) in [6.45, 7) is 0. The van der Waals surface area contributed by atoms with Gasteiger partial charge in [-0.3, -0.25) is 0 Å². The molecule has 0 bridgehead atoms. The van der Waals surface area contributed by atoms with E-state index in [0.717, 1.165) is 0 Å². The molecule has 0 atom stereocenters. The van der Waals surface area contributed by atoms with Gasteiger partial charge in [0.1, 0.15) is 0 Å². The first-order chi connectivity index (χ1) is 10.1. The van der Waals surface area contributed by atoms with Crippen molar-refractivity contribution in [2.45, 2.75) is 0 Å². The molecule has 110 valence electrons. The lowest BCUT2D eigenvalue weighted by molar-refractivity contribution is 0.0698. The number of rotatable bonds is 5. The molecule has 0 radical (unpaired) electrons. The van der Waals surface area contributed by atoms with Crippen LogP contribution in [0.4, 0.5) is 17.1 Å². The van der Waals surface area contributed by atoms with Crippen LogP contribution < -0.4 is 20.5 Å². The van der Waals surface area contributed by atoms with Gasteiger partial charge < -0.3 is 25.6 Å². The Balaban J connectivity index is 2.41. The molecule has 0 aliphatic heterocycles. The molecule has 2 aromatic carbocycles. The molecule has 0 aliphatic rings. The van der Waals surface area contributed by atoms with Crippen LogP contribution in [0.3, 0.4) is 0 Å². The van der Waals surface area contributed by atoms with E-state index in [1.165, 1.54) is 13.2 Å². The summed E-state index contributed by atoms with van der Waals surface area (Å²) in [5.74, 6) is 0.0710. The normalized spacial score (nSPS) is 10.0. The molecule has 6 heteroatoms. The summed E-state index contributed by atoms with van der Waals surface area (Å²) in [6.07, 6.45) is 0. The Morgan fingerprint density at radius 2 is 1.86 bits per heavy atom. The van der Waals surface area contributed by atoms with Crippen LogP contribution in [0.1, 0.15) is 10.4 Å². The van der Waals surface area contributed by atoms with Gasteiger partial charge in [0.25, 0.3) is 0 Å². The lowest BCUT2D eigenvalue weighted by Gasteiger charge is -2.14. The average Bonchev–Trinajstić information content (AvgIpc) is 2.48. The Bertz CT molecular complexity index is 671. The van der Waals surface area contributed by atoms with Gasteiger partial charge in [-0.1, -0.05) is 6.07 Å². The highest BCUT2D eigenvalue weighted by atomic mass is 16.5. The molecule has 6 nitrogen and oxygen atoms in total. The fourth-order valence-corrected chi connectivity index (χ4v) is 1.95. The zero-order valence-corrected chi connectivity index (χ0v) is 11.7. The monoisotopic (exact) mass is 288 g/mol. The van der Waals surface area contributed by atoms with Gasteiger partial charge >= 0.3 is 5.97 Å². The van der Waals surface area contributed by atoms with Crippen molar-refractivity contribution in [3.05, 3.63) is 42.0 Å². The Kier molecular flexibility index (Phi) is 4.18. The highest BCUT2D eigenvalue weighted by Crippen LogP contribution is 2.33. The van der Waals surface area contributed by atoms with Crippen molar-refractivity contribution < 1.29 is 19.4 Å². The number of carboxylic acid groups (broad SMARTS) is 1. The first kappa shape index (κ1) is 14.5. The van der Waals surface area contributed by atoms with E-state index in [1.807, 2.05) is 0 Å². The molecule has 0 unspecified atom stereocenters. The second-order valence-electron chi connectivity index (χ2n) is 4.27. The minimum absolute atomic E-state index is 0.102. The van der Waals surface area contributed by atoms with Gasteiger partial charge in [-0.05, 0) is 24.3 Å². The molecule has 0 saturated carbocycles. The minimum Gasteiger partial charge on any atom is -0.493 e. The van der Waals surface area contributed by atoms with Crippen molar-refractivity contribution in [2.24, 2.45) is 0 Å². The molecule has 0 spiro atoms. The van der Waals surface area contributed by atoms with Gasteiger partial charge in [-0.15, -0.1) is 0 Å². The number of para-hydroxylation sites is 1. The second-order valence-corrected chi connectivity index (χ2v) is 4.27. The van der Waals surface area contributed by atoms with Crippen LogP contribution in [0.25, 0.3) is 0 Å². The van der Waals surface area contributed by atoms with Crippen molar-refractivity contribution in [1.29, 1.82) is 0 Å². The molecule has 0 heterocycles. The van der Waals surface area contributed by atoms with Gasteiger partial charge in [0, 0.05) is 11.8 Å². The predicted octanol–water partition coefficient (Wildman–Crippen LogP) is 2.73. The second kappa shape index (κ2) is 6.04. The van der Waals surface area contributed by atoms with Crippen molar-refractivity contribution >= 4 is 23.0 Å². The number of ether oxygens (including phenoxy) is 2. The van der Waals surface area contributed by atoms with E-state index >= 15 is 0 Å². The van der Waals surface area contributed by atoms with Gasteiger partial charge in [0.05, 0.1) is 31.2 Å². The summed E-state index contributed by atoms with van der Waals surface area (Å²) in [5, 5.41) is 12.2. The Labute approximate surface area is 122 Å². The first-order valence-electron chi connectivity index (χ1n) is 6.17. The van der Waals surface area contributed by atoms with E-state index in [0.29, 0.717) is 28.6 Å². The first-order valence-corrected chi connectivity index (χ1v) is 6.17. The Hall–Kier alpha value is -2.89. The summed E-state index contributed by atoms with van der Waals surface area (Å²) in [7, 11) is 3.07. The Morgan fingerprint density at radius 3 is 2.48 bits per heavy atom. The highest BCUT2D eigenvalue weighted by Gasteiger charge is 2.13. The third-order valence-corrected chi connectivity index (χ3v) is 2.98. The number of anilines is 3. The smallest absolute Gasteiger partial charge is 0.337 e. The van der Waals surface area contributed by atoms with Crippen LogP contribution in [-0.2, 0) is 0 Å². The third-order valence-electron chi connectivity index (χ3n) is 2.98. The maximum atomic E-state index is 11.2. The third kappa shape index (κ3) is 3.00. The number of methoxy groups -OCH3 is 2. The van der Waals surface area contributed by atoms with Crippen LogP contribution in [0, 0.1) is 0 Å². The summed E-state index contributed by atoms with van der Waals surface area (Å²) >= 11 is 0. The van der Waals surface area contributed by atoms with E-state index in [2.05, 4.69) is 5.32 Å². The van der Waals surface area contributed by atoms with E-state index in [4.69, 9.17) is 15.2 Å². The summed E-state index contributed by atoms with van der Waals surface area (Å²) in [4.78, 5) is 11.2. The molecule has 2 aromatic rings. The molecule has 21 heavy (non-hydrogen) atoms. The number of benzene rings is 2. The molecular weight excluding hydrogens is 272 g/mol. The van der Waals surface area contributed by atoms with Gasteiger partial charge in [-0.25, -0.2) is 4.79 Å². The number of carbonyl (C=O) groups is 1. The van der Waals surface area contributed by atoms with Crippen molar-refractivity contribution in [3.8, 4) is 11.5 Å².